The minimum atomic E-state index is -0.320. The lowest BCUT2D eigenvalue weighted by atomic mass is 10.1. The average molecular weight is 417 g/mol. The Morgan fingerprint density at radius 2 is 1.90 bits per heavy atom. The standard InChI is InChI=1S/C23H19N3O3S/c1-14-10-11-16(22-24-18-8-3-4-9-20(18)29-22)13-19(14)25-23(30)26-21(27)15-6-5-7-17(12-15)28-2/h3-13H,1-2H3,(H2,25,26,27,30). The normalized spacial score (nSPS) is 10.6. The maximum Gasteiger partial charge on any atom is 0.257 e. The fraction of sp³-hybridized carbons (Fsp3) is 0.0870. The molecule has 0 aliphatic carbocycles. The number of hydrogen-bond donors (Lipinski definition) is 2. The number of para-hydroxylation sites is 2. The molecule has 0 saturated carbocycles. The quantitative estimate of drug-likeness (QED) is 0.458. The van der Waals surface area contributed by atoms with Gasteiger partial charge in [0.05, 0.1) is 7.11 Å². The Labute approximate surface area is 178 Å². The van der Waals surface area contributed by atoms with E-state index < -0.39 is 0 Å². The summed E-state index contributed by atoms with van der Waals surface area (Å²) in [5.41, 5.74) is 4.50. The third kappa shape index (κ3) is 4.16. The number of rotatable bonds is 4. The number of amides is 1. The summed E-state index contributed by atoms with van der Waals surface area (Å²) in [6, 6.07) is 20.2. The predicted octanol–water partition coefficient (Wildman–Crippen LogP) is 4.94. The van der Waals surface area contributed by atoms with Crippen LogP contribution in [0.5, 0.6) is 5.75 Å². The van der Waals surface area contributed by atoms with Crippen molar-refractivity contribution in [1.29, 1.82) is 0 Å². The Bertz CT molecular complexity index is 1220. The van der Waals surface area contributed by atoms with Gasteiger partial charge in [0.1, 0.15) is 11.3 Å². The van der Waals surface area contributed by atoms with Gasteiger partial charge >= 0.3 is 0 Å². The van der Waals surface area contributed by atoms with Crippen LogP contribution in [-0.4, -0.2) is 23.1 Å². The molecule has 1 aromatic heterocycles. The SMILES string of the molecule is COc1cccc(C(=O)NC(=S)Nc2cc(-c3nc4ccccc4o3)ccc2C)c1. The van der Waals surface area contributed by atoms with Gasteiger partial charge in [0.25, 0.3) is 5.91 Å². The second kappa shape index (κ2) is 8.34. The van der Waals surface area contributed by atoms with Crippen LogP contribution in [0, 0.1) is 6.92 Å². The first-order valence-electron chi connectivity index (χ1n) is 9.26. The maximum atomic E-state index is 12.5. The number of methoxy groups -OCH3 is 1. The summed E-state index contributed by atoms with van der Waals surface area (Å²) in [4.78, 5) is 17.0. The van der Waals surface area contributed by atoms with Gasteiger partial charge < -0.3 is 14.5 Å². The van der Waals surface area contributed by atoms with Crippen molar-refractivity contribution < 1.29 is 13.9 Å². The number of hydrogen-bond acceptors (Lipinski definition) is 5. The fourth-order valence-electron chi connectivity index (χ4n) is 2.98. The van der Waals surface area contributed by atoms with Crippen LogP contribution in [0.2, 0.25) is 0 Å². The number of aromatic nitrogens is 1. The number of ether oxygens (including phenoxy) is 1. The zero-order chi connectivity index (χ0) is 21.1. The number of nitrogens with one attached hydrogen (secondary N) is 2. The zero-order valence-electron chi connectivity index (χ0n) is 16.4. The van der Waals surface area contributed by atoms with E-state index in [2.05, 4.69) is 15.6 Å². The van der Waals surface area contributed by atoms with E-state index in [1.807, 2.05) is 49.4 Å². The van der Waals surface area contributed by atoms with Gasteiger partial charge in [0.2, 0.25) is 5.89 Å². The molecule has 0 atom stereocenters. The van der Waals surface area contributed by atoms with E-state index in [9.17, 15) is 4.79 Å². The summed E-state index contributed by atoms with van der Waals surface area (Å²) in [6.45, 7) is 1.95. The van der Waals surface area contributed by atoms with Crippen molar-refractivity contribution in [3.05, 3.63) is 77.9 Å². The summed E-state index contributed by atoms with van der Waals surface area (Å²) >= 11 is 5.33. The molecule has 4 rings (SSSR count). The molecule has 6 nitrogen and oxygen atoms in total. The number of thiocarbonyl (C=S) groups is 1. The first-order valence-corrected chi connectivity index (χ1v) is 9.67. The van der Waals surface area contributed by atoms with E-state index in [1.165, 1.54) is 0 Å². The molecule has 0 radical (unpaired) electrons. The van der Waals surface area contributed by atoms with Crippen LogP contribution in [0.25, 0.3) is 22.6 Å². The number of carbonyl (C=O) groups excluding carboxylic acids is 1. The van der Waals surface area contributed by atoms with E-state index in [0.717, 1.165) is 27.9 Å². The Hall–Kier alpha value is -3.71. The van der Waals surface area contributed by atoms with Gasteiger partial charge in [0, 0.05) is 16.8 Å². The van der Waals surface area contributed by atoms with Gasteiger partial charge in [-0.3, -0.25) is 10.1 Å². The second-order valence-corrected chi connectivity index (χ2v) is 7.06. The van der Waals surface area contributed by atoms with Gasteiger partial charge in [-0.05, 0) is 67.2 Å². The summed E-state index contributed by atoms with van der Waals surface area (Å²) in [5, 5.41) is 5.97. The summed E-state index contributed by atoms with van der Waals surface area (Å²) in [7, 11) is 1.55. The van der Waals surface area contributed by atoms with Crippen LogP contribution in [0.3, 0.4) is 0 Å². The third-order valence-corrected chi connectivity index (χ3v) is 4.79. The highest BCUT2D eigenvalue weighted by Gasteiger charge is 2.12. The second-order valence-electron chi connectivity index (χ2n) is 6.66. The summed E-state index contributed by atoms with van der Waals surface area (Å²) in [5.74, 6) is 0.799. The molecule has 30 heavy (non-hydrogen) atoms. The van der Waals surface area contributed by atoms with Crippen LogP contribution < -0.4 is 15.4 Å². The van der Waals surface area contributed by atoms with Crippen LogP contribution in [0.4, 0.5) is 5.69 Å². The number of anilines is 1. The molecule has 3 aromatic carbocycles. The van der Waals surface area contributed by atoms with Crippen molar-refractivity contribution in [2.24, 2.45) is 0 Å². The maximum absolute atomic E-state index is 12.5. The first kappa shape index (κ1) is 19.6. The Morgan fingerprint density at radius 3 is 2.70 bits per heavy atom. The molecular formula is C23H19N3O3S. The van der Waals surface area contributed by atoms with Crippen LogP contribution in [0.15, 0.2) is 71.1 Å². The van der Waals surface area contributed by atoms with Crippen LogP contribution >= 0.6 is 12.2 Å². The number of oxazole rings is 1. The van der Waals surface area contributed by atoms with Gasteiger partial charge in [-0.15, -0.1) is 0 Å². The molecule has 1 heterocycles. The van der Waals surface area contributed by atoms with Gasteiger partial charge in [-0.1, -0.05) is 24.3 Å². The van der Waals surface area contributed by atoms with E-state index in [-0.39, 0.29) is 11.0 Å². The minimum absolute atomic E-state index is 0.195. The number of aryl methyl sites for hydroxylation is 1. The lowest BCUT2D eigenvalue weighted by molar-refractivity contribution is 0.0977. The van der Waals surface area contributed by atoms with Gasteiger partial charge in [-0.2, -0.15) is 0 Å². The molecule has 2 N–H and O–H groups in total. The molecule has 150 valence electrons. The van der Waals surface area contributed by atoms with Gasteiger partial charge in [-0.25, -0.2) is 4.98 Å². The van der Waals surface area contributed by atoms with E-state index in [0.29, 0.717) is 17.2 Å². The van der Waals surface area contributed by atoms with Crippen molar-refractivity contribution in [2.75, 3.05) is 12.4 Å². The Balaban J connectivity index is 1.51. The topological polar surface area (TPSA) is 76.4 Å². The molecule has 1 amide bonds. The molecule has 4 aromatic rings. The van der Waals surface area contributed by atoms with Crippen molar-refractivity contribution in [2.45, 2.75) is 6.92 Å². The highest BCUT2D eigenvalue weighted by Crippen LogP contribution is 2.28. The van der Waals surface area contributed by atoms with Crippen molar-refractivity contribution in [3.63, 3.8) is 0 Å². The van der Waals surface area contributed by atoms with E-state index in [1.54, 1.807) is 31.4 Å². The zero-order valence-corrected chi connectivity index (χ0v) is 17.2. The summed E-state index contributed by atoms with van der Waals surface area (Å²) < 4.78 is 11.0. The highest BCUT2D eigenvalue weighted by molar-refractivity contribution is 7.80. The molecular weight excluding hydrogens is 398 g/mol. The molecule has 0 spiro atoms. The lowest BCUT2D eigenvalue weighted by Gasteiger charge is -2.13. The van der Waals surface area contributed by atoms with Crippen molar-refractivity contribution in [1.82, 2.24) is 10.3 Å². The highest BCUT2D eigenvalue weighted by atomic mass is 32.1. The number of nitrogens with zero attached hydrogens (tertiary/aromatic N) is 1. The van der Waals surface area contributed by atoms with Crippen molar-refractivity contribution in [3.8, 4) is 17.2 Å². The number of benzene rings is 3. The smallest absolute Gasteiger partial charge is 0.257 e. The van der Waals surface area contributed by atoms with E-state index in [4.69, 9.17) is 21.4 Å². The predicted molar refractivity (Wildman–Crippen MR) is 121 cm³/mol. The lowest BCUT2D eigenvalue weighted by Crippen LogP contribution is -2.34. The van der Waals surface area contributed by atoms with Crippen molar-refractivity contribution >= 4 is 40.0 Å². The fourth-order valence-corrected chi connectivity index (χ4v) is 3.18. The molecule has 0 unspecified atom stereocenters. The monoisotopic (exact) mass is 417 g/mol. The minimum Gasteiger partial charge on any atom is -0.497 e. The number of fused-ring (bicyclic) bond motifs is 1. The Morgan fingerprint density at radius 1 is 1.07 bits per heavy atom. The molecule has 7 heteroatoms. The van der Waals surface area contributed by atoms with E-state index >= 15 is 0 Å². The van der Waals surface area contributed by atoms with Crippen LogP contribution in [0.1, 0.15) is 15.9 Å². The summed E-state index contributed by atoms with van der Waals surface area (Å²) in [6.07, 6.45) is 0. The number of carbonyl (C=O) groups is 1. The molecule has 0 aliphatic heterocycles. The molecule has 0 aliphatic rings. The molecule has 0 fully saturated rings. The molecule has 0 bridgehead atoms. The average Bonchev–Trinajstić information content (AvgIpc) is 3.19. The molecule has 0 saturated heterocycles. The van der Waals surface area contributed by atoms with Gasteiger partial charge in [0.15, 0.2) is 10.7 Å². The first-order chi connectivity index (χ1) is 14.5. The Kier molecular flexibility index (Phi) is 5.45. The third-order valence-electron chi connectivity index (χ3n) is 4.59. The van der Waals surface area contributed by atoms with Crippen LogP contribution in [-0.2, 0) is 0 Å². The largest absolute Gasteiger partial charge is 0.497 e.